The fourth-order valence-electron chi connectivity index (χ4n) is 2.90. The van der Waals surface area contributed by atoms with Gasteiger partial charge in [-0.1, -0.05) is 60.3 Å². The highest BCUT2D eigenvalue weighted by Crippen LogP contribution is 2.23. The standard InChI is InChI=1S/C22H20N4O2S/c27-21(23-15-19-12-7-13-28-19)16-29-22-25-24-20(14-17-8-3-1-4-9-17)26(22)18-10-5-2-6-11-18/h1-13H,14-16H2,(H,23,27). The van der Waals surface area contributed by atoms with E-state index in [1.807, 2.05) is 59.2 Å². The molecule has 0 atom stereocenters. The molecule has 2 aromatic carbocycles. The number of benzene rings is 2. The Hall–Kier alpha value is -3.32. The van der Waals surface area contributed by atoms with Gasteiger partial charge in [-0.25, -0.2) is 0 Å². The van der Waals surface area contributed by atoms with Crippen molar-refractivity contribution >= 4 is 17.7 Å². The summed E-state index contributed by atoms with van der Waals surface area (Å²) in [6, 6.07) is 23.7. The Labute approximate surface area is 173 Å². The molecule has 4 aromatic rings. The van der Waals surface area contributed by atoms with E-state index in [0.29, 0.717) is 18.1 Å². The average Bonchev–Trinajstić information content (AvgIpc) is 3.42. The summed E-state index contributed by atoms with van der Waals surface area (Å²) >= 11 is 1.37. The zero-order chi connectivity index (χ0) is 19.9. The molecule has 0 saturated heterocycles. The minimum Gasteiger partial charge on any atom is -0.467 e. The molecular weight excluding hydrogens is 384 g/mol. The van der Waals surface area contributed by atoms with E-state index in [-0.39, 0.29) is 11.7 Å². The molecule has 6 nitrogen and oxygen atoms in total. The lowest BCUT2D eigenvalue weighted by Crippen LogP contribution is -2.24. The van der Waals surface area contributed by atoms with Crippen molar-refractivity contribution in [1.82, 2.24) is 20.1 Å². The van der Waals surface area contributed by atoms with Gasteiger partial charge in [-0.05, 0) is 29.8 Å². The number of carbonyl (C=O) groups is 1. The molecule has 0 radical (unpaired) electrons. The van der Waals surface area contributed by atoms with Crippen molar-refractivity contribution in [3.05, 3.63) is 96.2 Å². The van der Waals surface area contributed by atoms with Crippen molar-refractivity contribution in [3.8, 4) is 5.69 Å². The summed E-state index contributed by atoms with van der Waals surface area (Å²) in [4.78, 5) is 12.2. The van der Waals surface area contributed by atoms with Gasteiger partial charge in [0, 0.05) is 12.1 Å². The maximum atomic E-state index is 12.2. The summed E-state index contributed by atoms with van der Waals surface area (Å²) in [5.74, 6) is 1.72. The molecular formula is C22H20N4O2S. The van der Waals surface area contributed by atoms with Gasteiger partial charge in [-0.3, -0.25) is 9.36 Å². The van der Waals surface area contributed by atoms with Gasteiger partial charge >= 0.3 is 0 Å². The van der Waals surface area contributed by atoms with Gasteiger partial charge in [0.1, 0.15) is 11.6 Å². The summed E-state index contributed by atoms with van der Waals surface area (Å²) in [5.41, 5.74) is 2.13. The van der Waals surface area contributed by atoms with Crippen LogP contribution in [0, 0.1) is 0 Å². The zero-order valence-electron chi connectivity index (χ0n) is 15.7. The van der Waals surface area contributed by atoms with E-state index in [1.165, 1.54) is 11.8 Å². The van der Waals surface area contributed by atoms with E-state index in [2.05, 4.69) is 27.6 Å². The van der Waals surface area contributed by atoms with E-state index in [9.17, 15) is 4.79 Å². The second-order valence-corrected chi connectivity index (χ2v) is 7.32. The maximum absolute atomic E-state index is 12.2. The lowest BCUT2D eigenvalue weighted by Gasteiger charge is -2.10. The van der Waals surface area contributed by atoms with Gasteiger partial charge in [0.25, 0.3) is 0 Å². The fraction of sp³-hybridized carbons (Fsp3) is 0.136. The van der Waals surface area contributed by atoms with Crippen LogP contribution in [-0.2, 0) is 17.8 Å². The number of rotatable bonds is 8. The monoisotopic (exact) mass is 404 g/mol. The van der Waals surface area contributed by atoms with Crippen LogP contribution < -0.4 is 5.32 Å². The molecule has 0 spiro atoms. The Morgan fingerprint density at radius 3 is 2.45 bits per heavy atom. The van der Waals surface area contributed by atoms with Gasteiger partial charge in [0.2, 0.25) is 5.91 Å². The van der Waals surface area contributed by atoms with Crippen molar-refractivity contribution in [1.29, 1.82) is 0 Å². The number of furan rings is 1. The molecule has 0 aliphatic rings. The number of carbonyl (C=O) groups excluding carboxylic acids is 1. The van der Waals surface area contributed by atoms with Gasteiger partial charge in [-0.15, -0.1) is 10.2 Å². The number of thioether (sulfide) groups is 1. The summed E-state index contributed by atoms with van der Waals surface area (Å²) in [5, 5.41) is 12.3. The van der Waals surface area contributed by atoms with Crippen molar-refractivity contribution in [2.24, 2.45) is 0 Å². The molecule has 7 heteroatoms. The molecule has 0 saturated carbocycles. The van der Waals surface area contributed by atoms with Gasteiger partial charge in [-0.2, -0.15) is 0 Å². The predicted molar refractivity (Wildman–Crippen MR) is 112 cm³/mol. The summed E-state index contributed by atoms with van der Waals surface area (Å²) in [7, 11) is 0. The zero-order valence-corrected chi connectivity index (χ0v) is 16.5. The SMILES string of the molecule is O=C(CSc1nnc(Cc2ccccc2)n1-c1ccccc1)NCc1ccco1. The van der Waals surface area contributed by atoms with E-state index < -0.39 is 0 Å². The van der Waals surface area contributed by atoms with Crippen LogP contribution in [0.2, 0.25) is 0 Å². The molecule has 0 bridgehead atoms. The minimum atomic E-state index is -0.0846. The highest BCUT2D eigenvalue weighted by Gasteiger charge is 2.16. The van der Waals surface area contributed by atoms with Gasteiger partial charge in [0.05, 0.1) is 18.6 Å². The summed E-state index contributed by atoms with van der Waals surface area (Å²) < 4.78 is 7.25. The van der Waals surface area contributed by atoms with E-state index in [0.717, 1.165) is 22.8 Å². The second-order valence-electron chi connectivity index (χ2n) is 6.38. The highest BCUT2D eigenvalue weighted by atomic mass is 32.2. The first-order valence-corrected chi connectivity index (χ1v) is 10.2. The maximum Gasteiger partial charge on any atom is 0.230 e. The molecule has 0 unspecified atom stereocenters. The quantitative estimate of drug-likeness (QED) is 0.452. The molecule has 0 fully saturated rings. The Bertz CT molecular complexity index is 1050. The second kappa shape index (κ2) is 9.25. The third kappa shape index (κ3) is 4.94. The molecule has 4 rings (SSSR count). The summed E-state index contributed by atoms with van der Waals surface area (Å²) in [6.07, 6.45) is 2.25. The normalized spacial score (nSPS) is 10.8. The topological polar surface area (TPSA) is 73.0 Å². The van der Waals surface area contributed by atoms with E-state index in [1.54, 1.807) is 12.3 Å². The minimum absolute atomic E-state index is 0.0846. The van der Waals surface area contributed by atoms with Gasteiger partial charge < -0.3 is 9.73 Å². The van der Waals surface area contributed by atoms with Crippen LogP contribution in [0.4, 0.5) is 0 Å². The molecule has 146 valence electrons. The Morgan fingerprint density at radius 2 is 1.72 bits per heavy atom. The molecule has 2 aromatic heterocycles. The predicted octanol–water partition coefficient (Wildman–Crippen LogP) is 3.86. The fourth-order valence-corrected chi connectivity index (χ4v) is 3.70. The van der Waals surface area contributed by atoms with Crippen LogP contribution in [0.5, 0.6) is 0 Å². The number of aromatic nitrogens is 3. The van der Waals surface area contributed by atoms with Crippen LogP contribution in [0.15, 0.2) is 88.6 Å². The van der Waals surface area contributed by atoms with Crippen molar-refractivity contribution in [2.75, 3.05) is 5.75 Å². The number of amides is 1. The first-order valence-electron chi connectivity index (χ1n) is 9.25. The van der Waals surface area contributed by atoms with Crippen molar-refractivity contribution in [2.45, 2.75) is 18.1 Å². The van der Waals surface area contributed by atoms with Crippen LogP contribution in [0.3, 0.4) is 0 Å². The van der Waals surface area contributed by atoms with E-state index >= 15 is 0 Å². The number of hydrogen-bond acceptors (Lipinski definition) is 5. The molecule has 1 N–H and O–H groups in total. The Kier molecular flexibility index (Phi) is 6.07. The highest BCUT2D eigenvalue weighted by molar-refractivity contribution is 7.99. The number of nitrogens with one attached hydrogen (secondary N) is 1. The molecule has 29 heavy (non-hydrogen) atoms. The van der Waals surface area contributed by atoms with Crippen LogP contribution in [0.1, 0.15) is 17.1 Å². The lowest BCUT2D eigenvalue weighted by molar-refractivity contribution is -0.118. The van der Waals surface area contributed by atoms with Crippen LogP contribution >= 0.6 is 11.8 Å². The third-order valence-electron chi connectivity index (χ3n) is 4.29. The average molecular weight is 404 g/mol. The van der Waals surface area contributed by atoms with Crippen LogP contribution in [-0.4, -0.2) is 26.4 Å². The number of nitrogens with zero attached hydrogens (tertiary/aromatic N) is 3. The van der Waals surface area contributed by atoms with Gasteiger partial charge in [0.15, 0.2) is 5.16 Å². The molecule has 0 aliphatic heterocycles. The van der Waals surface area contributed by atoms with Crippen molar-refractivity contribution < 1.29 is 9.21 Å². The Balaban J connectivity index is 1.49. The first-order chi connectivity index (χ1) is 14.3. The smallest absolute Gasteiger partial charge is 0.230 e. The van der Waals surface area contributed by atoms with E-state index in [4.69, 9.17) is 4.42 Å². The molecule has 2 heterocycles. The Morgan fingerprint density at radius 1 is 0.966 bits per heavy atom. The first kappa shape index (κ1) is 19.0. The lowest BCUT2D eigenvalue weighted by atomic mass is 10.1. The number of hydrogen-bond donors (Lipinski definition) is 1. The number of para-hydroxylation sites is 1. The molecule has 0 aliphatic carbocycles. The summed E-state index contributed by atoms with van der Waals surface area (Å²) in [6.45, 7) is 0.372. The van der Waals surface area contributed by atoms with Crippen molar-refractivity contribution in [3.63, 3.8) is 0 Å². The largest absolute Gasteiger partial charge is 0.467 e. The molecule has 1 amide bonds. The third-order valence-corrected chi connectivity index (χ3v) is 5.22. The van der Waals surface area contributed by atoms with Crippen LogP contribution in [0.25, 0.3) is 5.69 Å².